The van der Waals surface area contributed by atoms with E-state index in [1.54, 1.807) is 0 Å². The number of hydrogen-bond donors (Lipinski definition) is 2. The van der Waals surface area contributed by atoms with Gasteiger partial charge in [-0.3, -0.25) is 4.79 Å². The van der Waals surface area contributed by atoms with Crippen molar-refractivity contribution in [1.29, 1.82) is 0 Å². The molecule has 24 heavy (non-hydrogen) atoms. The van der Waals surface area contributed by atoms with Crippen molar-refractivity contribution >= 4 is 12.0 Å². The zero-order valence-corrected chi connectivity index (χ0v) is 14.7. The second kappa shape index (κ2) is 9.30. The summed E-state index contributed by atoms with van der Waals surface area (Å²) in [5.41, 5.74) is 4.03. The van der Waals surface area contributed by atoms with E-state index >= 15 is 0 Å². The Labute approximate surface area is 144 Å². The molecule has 2 amide bonds. The molecule has 0 fully saturated rings. The first kappa shape index (κ1) is 18.3. The second-order valence-electron chi connectivity index (χ2n) is 6.39. The minimum atomic E-state index is -0.208. The first-order valence-corrected chi connectivity index (χ1v) is 8.83. The van der Waals surface area contributed by atoms with Crippen LogP contribution in [0.1, 0.15) is 61.8 Å². The summed E-state index contributed by atoms with van der Waals surface area (Å²) in [7, 11) is 1.39. The van der Waals surface area contributed by atoms with Crippen LogP contribution in [0.5, 0.6) is 0 Å². The Bertz CT molecular complexity index is 572. The molecule has 0 spiro atoms. The molecule has 0 saturated heterocycles. The Morgan fingerprint density at radius 1 is 1.17 bits per heavy atom. The number of nitrogens with one attached hydrogen (secondary N) is 2. The van der Waals surface area contributed by atoms with Gasteiger partial charge in [0, 0.05) is 13.0 Å². The molecule has 0 radical (unpaired) electrons. The first-order valence-electron chi connectivity index (χ1n) is 8.83. The Kier molecular flexibility index (Phi) is 7.09. The molecule has 0 bridgehead atoms. The van der Waals surface area contributed by atoms with Crippen molar-refractivity contribution in [2.24, 2.45) is 0 Å². The number of carbonyl (C=O) groups excluding carboxylic acids is 2. The lowest BCUT2D eigenvalue weighted by Crippen LogP contribution is -2.37. The predicted octanol–water partition coefficient (Wildman–Crippen LogP) is 3.27. The number of amides is 2. The Hall–Kier alpha value is -2.04. The van der Waals surface area contributed by atoms with Gasteiger partial charge in [-0.2, -0.15) is 0 Å². The van der Waals surface area contributed by atoms with Crippen LogP contribution in [0.3, 0.4) is 0 Å². The van der Waals surface area contributed by atoms with Crippen molar-refractivity contribution in [2.45, 2.75) is 57.9 Å². The van der Waals surface area contributed by atoms with Gasteiger partial charge in [0.25, 0.3) is 0 Å². The van der Waals surface area contributed by atoms with Gasteiger partial charge in [-0.1, -0.05) is 18.2 Å². The number of methoxy groups -OCH3 is 1. The Balaban J connectivity index is 1.72. The Morgan fingerprint density at radius 2 is 1.92 bits per heavy atom. The fraction of sp³-hybridized carbons (Fsp3) is 0.579. The number of hydrogen-bond acceptors (Lipinski definition) is 3. The van der Waals surface area contributed by atoms with Crippen molar-refractivity contribution in [2.75, 3.05) is 13.7 Å². The normalized spacial score (nSPS) is 14.4. The van der Waals surface area contributed by atoms with Gasteiger partial charge in [-0.25, -0.2) is 4.79 Å². The van der Waals surface area contributed by atoms with Crippen LogP contribution < -0.4 is 10.6 Å². The summed E-state index contributed by atoms with van der Waals surface area (Å²) in [6, 6.07) is 6.36. The standard InChI is InChI=1S/C19H28N2O3/c1-14(16-11-10-15-7-3-4-8-17(15)13-16)21-19(23)20-12-6-5-9-18(22)24-2/h10-11,13-14H,3-9,12H2,1-2H3,(H2,20,21,23). The van der Waals surface area contributed by atoms with Gasteiger partial charge in [0.15, 0.2) is 0 Å². The lowest BCUT2D eigenvalue weighted by Gasteiger charge is -2.20. The van der Waals surface area contributed by atoms with Gasteiger partial charge < -0.3 is 15.4 Å². The van der Waals surface area contributed by atoms with Crippen LogP contribution in [0.2, 0.25) is 0 Å². The maximum Gasteiger partial charge on any atom is 0.315 e. The van der Waals surface area contributed by atoms with Crippen LogP contribution in [0, 0.1) is 0 Å². The maximum atomic E-state index is 12.0. The summed E-state index contributed by atoms with van der Waals surface area (Å²) in [6.45, 7) is 2.56. The SMILES string of the molecule is COC(=O)CCCCNC(=O)NC(C)c1ccc2c(c1)CCCC2. The number of esters is 1. The number of rotatable bonds is 7. The average Bonchev–Trinajstić information content (AvgIpc) is 2.60. The molecular weight excluding hydrogens is 304 g/mol. The summed E-state index contributed by atoms with van der Waals surface area (Å²) in [6.07, 6.45) is 6.71. The zero-order valence-electron chi connectivity index (χ0n) is 14.7. The van der Waals surface area contributed by atoms with Gasteiger partial charge in [0.05, 0.1) is 13.2 Å². The highest BCUT2D eigenvalue weighted by Crippen LogP contribution is 2.24. The smallest absolute Gasteiger partial charge is 0.315 e. The molecule has 5 heteroatoms. The quantitative estimate of drug-likeness (QED) is 0.595. The van der Waals surface area contributed by atoms with Gasteiger partial charge in [0.1, 0.15) is 0 Å². The molecule has 2 N–H and O–H groups in total. The number of aryl methyl sites for hydroxylation is 2. The molecule has 1 aliphatic carbocycles. The number of ether oxygens (including phenoxy) is 1. The molecule has 1 aromatic carbocycles. The molecule has 0 heterocycles. The van der Waals surface area contributed by atoms with E-state index in [-0.39, 0.29) is 18.0 Å². The molecule has 0 aromatic heterocycles. The summed E-state index contributed by atoms with van der Waals surface area (Å²) in [5.74, 6) is -0.208. The van der Waals surface area contributed by atoms with Crippen molar-refractivity contribution in [3.8, 4) is 0 Å². The van der Waals surface area contributed by atoms with Crippen LogP contribution in [0.4, 0.5) is 4.79 Å². The van der Waals surface area contributed by atoms with Crippen LogP contribution in [-0.2, 0) is 22.4 Å². The van der Waals surface area contributed by atoms with E-state index in [2.05, 4.69) is 33.6 Å². The van der Waals surface area contributed by atoms with E-state index in [4.69, 9.17) is 0 Å². The van der Waals surface area contributed by atoms with Crippen LogP contribution in [-0.4, -0.2) is 25.7 Å². The number of benzene rings is 1. The van der Waals surface area contributed by atoms with Crippen molar-refractivity contribution < 1.29 is 14.3 Å². The van der Waals surface area contributed by atoms with E-state index < -0.39 is 0 Å². The number of fused-ring (bicyclic) bond motifs is 1. The first-order chi connectivity index (χ1) is 11.6. The van der Waals surface area contributed by atoms with Crippen molar-refractivity contribution in [1.82, 2.24) is 10.6 Å². The lowest BCUT2D eigenvalue weighted by atomic mass is 9.89. The van der Waals surface area contributed by atoms with Crippen molar-refractivity contribution in [3.63, 3.8) is 0 Å². The summed E-state index contributed by atoms with van der Waals surface area (Å²) in [5, 5.41) is 5.81. The minimum Gasteiger partial charge on any atom is -0.469 e. The van der Waals surface area contributed by atoms with E-state index in [0.717, 1.165) is 18.4 Å². The third-order valence-corrected chi connectivity index (χ3v) is 4.54. The molecule has 5 nitrogen and oxygen atoms in total. The highest BCUT2D eigenvalue weighted by atomic mass is 16.5. The molecule has 132 valence electrons. The van der Waals surface area contributed by atoms with Crippen LogP contribution >= 0.6 is 0 Å². The van der Waals surface area contributed by atoms with E-state index in [1.165, 1.54) is 37.5 Å². The fourth-order valence-corrected chi connectivity index (χ4v) is 3.05. The lowest BCUT2D eigenvalue weighted by molar-refractivity contribution is -0.140. The summed E-state index contributed by atoms with van der Waals surface area (Å²) >= 11 is 0. The number of unbranched alkanes of at least 4 members (excludes halogenated alkanes) is 1. The average molecular weight is 332 g/mol. The molecule has 1 aromatic rings. The highest BCUT2D eigenvalue weighted by molar-refractivity contribution is 5.74. The zero-order chi connectivity index (χ0) is 17.4. The van der Waals surface area contributed by atoms with Gasteiger partial charge in [-0.05, 0) is 62.1 Å². The largest absolute Gasteiger partial charge is 0.469 e. The monoisotopic (exact) mass is 332 g/mol. The minimum absolute atomic E-state index is 0.0210. The molecule has 1 unspecified atom stereocenters. The van der Waals surface area contributed by atoms with Crippen molar-refractivity contribution in [3.05, 3.63) is 34.9 Å². The van der Waals surface area contributed by atoms with Gasteiger partial charge >= 0.3 is 12.0 Å². The highest BCUT2D eigenvalue weighted by Gasteiger charge is 2.13. The Morgan fingerprint density at radius 3 is 2.67 bits per heavy atom. The third-order valence-electron chi connectivity index (χ3n) is 4.54. The molecule has 1 atom stereocenters. The molecule has 0 saturated carbocycles. The molecule has 2 rings (SSSR count). The molecular formula is C19H28N2O3. The summed E-state index contributed by atoms with van der Waals surface area (Å²) < 4.78 is 4.58. The number of carbonyl (C=O) groups is 2. The number of urea groups is 1. The maximum absolute atomic E-state index is 12.0. The van der Waals surface area contributed by atoms with E-state index in [9.17, 15) is 9.59 Å². The van der Waals surface area contributed by atoms with Crippen LogP contribution in [0.25, 0.3) is 0 Å². The van der Waals surface area contributed by atoms with E-state index in [0.29, 0.717) is 19.4 Å². The molecule has 1 aliphatic rings. The van der Waals surface area contributed by atoms with Gasteiger partial charge in [-0.15, -0.1) is 0 Å². The summed E-state index contributed by atoms with van der Waals surface area (Å²) in [4.78, 5) is 22.9. The predicted molar refractivity (Wildman–Crippen MR) is 93.9 cm³/mol. The van der Waals surface area contributed by atoms with E-state index in [1.807, 2.05) is 6.92 Å². The third kappa shape index (κ3) is 5.55. The topological polar surface area (TPSA) is 67.4 Å². The molecule has 0 aliphatic heterocycles. The van der Waals surface area contributed by atoms with Crippen LogP contribution in [0.15, 0.2) is 18.2 Å². The fourth-order valence-electron chi connectivity index (χ4n) is 3.05. The van der Waals surface area contributed by atoms with Gasteiger partial charge in [0.2, 0.25) is 0 Å². The second-order valence-corrected chi connectivity index (χ2v) is 6.39.